The molecule has 0 aliphatic carbocycles. The molecule has 1 aliphatic heterocycles. The fourth-order valence-corrected chi connectivity index (χ4v) is 2.21. The van der Waals surface area contributed by atoms with Gasteiger partial charge >= 0.3 is 0 Å². The third kappa shape index (κ3) is 2.33. The van der Waals surface area contributed by atoms with Gasteiger partial charge in [-0.05, 0) is 37.1 Å². The summed E-state index contributed by atoms with van der Waals surface area (Å²) in [6.45, 7) is 1.83. The Labute approximate surface area is 94.7 Å². The fraction of sp³-hybridized carbons (Fsp3) is 0.500. The summed E-state index contributed by atoms with van der Waals surface area (Å²) < 4.78 is 13.2. The molecule has 3 nitrogen and oxygen atoms in total. The molecule has 0 radical (unpaired) electrons. The number of likely N-dealkylation sites (tertiary alicyclic amines) is 1. The summed E-state index contributed by atoms with van der Waals surface area (Å²) in [5.41, 5.74) is 6.52. The number of halogens is 1. The molecule has 4 heteroatoms. The molecule has 16 heavy (non-hydrogen) atoms. The van der Waals surface area contributed by atoms with E-state index in [0.29, 0.717) is 6.54 Å². The lowest BCUT2D eigenvalue weighted by atomic mass is 10.1. The molecule has 1 aliphatic rings. The van der Waals surface area contributed by atoms with E-state index in [1.54, 1.807) is 6.07 Å². The van der Waals surface area contributed by atoms with Gasteiger partial charge in [-0.3, -0.25) is 4.90 Å². The molecule has 0 saturated carbocycles. The topological polar surface area (TPSA) is 49.5 Å². The molecule has 1 atom stereocenters. The Bertz CT molecular complexity index is 370. The smallest absolute Gasteiger partial charge is 0.146 e. The summed E-state index contributed by atoms with van der Waals surface area (Å²) in [5, 5.41) is 9.18. The van der Waals surface area contributed by atoms with Crippen LogP contribution in [0.15, 0.2) is 18.2 Å². The van der Waals surface area contributed by atoms with E-state index in [1.807, 2.05) is 6.07 Å². The number of nitrogens with two attached hydrogens (primary N) is 1. The first-order valence-corrected chi connectivity index (χ1v) is 5.59. The minimum Gasteiger partial charge on any atom is -0.396 e. The number of rotatable bonds is 3. The molecule has 0 aromatic heterocycles. The first-order chi connectivity index (χ1) is 7.70. The molecule has 1 fully saturated rings. The highest BCUT2D eigenvalue weighted by atomic mass is 19.1. The van der Waals surface area contributed by atoms with Crippen LogP contribution >= 0.6 is 0 Å². The van der Waals surface area contributed by atoms with Crippen molar-refractivity contribution >= 4 is 5.69 Å². The molecule has 1 aromatic carbocycles. The van der Waals surface area contributed by atoms with Crippen molar-refractivity contribution in [1.29, 1.82) is 0 Å². The van der Waals surface area contributed by atoms with Crippen LogP contribution < -0.4 is 5.73 Å². The van der Waals surface area contributed by atoms with E-state index >= 15 is 0 Å². The highest BCUT2D eigenvalue weighted by molar-refractivity contribution is 5.41. The van der Waals surface area contributed by atoms with Crippen LogP contribution in [0.4, 0.5) is 10.1 Å². The Morgan fingerprint density at radius 1 is 1.50 bits per heavy atom. The summed E-state index contributed by atoms with van der Waals surface area (Å²) >= 11 is 0. The second-order valence-corrected chi connectivity index (χ2v) is 4.30. The Morgan fingerprint density at radius 3 is 3.00 bits per heavy atom. The van der Waals surface area contributed by atoms with Gasteiger partial charge in [0, 0.05) is 12.6 Å². The highest BCUT2D eigenvalue weighted by Gasteiger charge is 2.23. The van der Waals surface area contributed by atoms with Gasteiger partial charge in [0.15, 0.2) is 0 Å². The molecule has 1 saturated heterocycles. The largest absolute Gasteiger partial charge is 0.396 e. The van der Waals surface area contributed by atoms with Crippen molar-refractivity contribution < 1.29 is 9.50 Å². The number of nitrogens with zero attached hydrogens (tertiary/aromatic N) is 1. The molecule has 0 bridgehead atoms. The molecule has 3 N–H and O–H groups in total. The van der Waals surface area contributed by atoms with Gasteiger partial charge in [0.1, 0.15) is 5.82 Å². The van der Waals surface area contributed by atoms with E-state index in [0.717, 1.165) is 24.9 Å². The van der Waals surface area contributed by atoms with E-state index in [2.05, 4.69) is 4.90 Å². The monoisotopic (exact) mass is 224 g/mol. The molecule has 0 amide bonds. The predicted octanol–water partition coefficient (Wildman–Crippen LogP) is 1.36. The molecule has 0 spiro atoms. The lowest BCUT2D eigenvalue weighted by Gasteiger charge is -2.22. The van der Waals surface area contributed by atoms with E-state index < -0.39 is 0 Å². The number of hydrogen-bond acceptors (Lipinski definition) is 3. The third-order valence-electron chi connectivity index (χ3n) is 3.16. The molecule has 2 rings (SSSR count). The van der Waals surface area contributed by atoms with Gasteiger partial charge in [0.05, 0.1) is 12.3 Å². The third-order valence-corrected chi connectivity index (χ3v) is 3.16. The van der Waals surface area contributed by atoms with E-state index in [9.17, 15) is 9.50 Å². The SMILES string of the molecule is Nc1ccc(CN2CCCC2CO)cc1F. The lowest BCUT2D eigenvalue weighted by Crippen LogP contribution is -2.31. The second kappa shape index (κ2) is 4.80. The number of aliphatic hydroxyl groups excluding tert-OH is 1. The van der Waals surface area contributed by atoms with Crippen LogP contribution in [0, 0.1) is 5.82 Å². The van der Waals surface area contributed by atoms with E-state index in [-0.39, 0.29) is 24.2 Å². The van der Waals surface area contributed by atoms with Gasteiger partial charge in [-0.1, -0.05) is 6.07 Å². The summed E-state index contributed by atoms with van der Waals surface area (Å²) in [5.74, 6) is -0.364. The molecule has 1 heterocycles. The Morgan fingerprint density at radius 2 is 2.31 bits per heavy atom. The van der Waals surface area contributed by atoms with Crippen molar-refractivity contribution in [3.8, 4) is 0 Å². The van der Waals surface area contributed by atoms with E-state index in [1.165, 1.54) is 6.07 Å². The van der Waals surface area contributed by atoms with Crippen LogP contribution in [0.5, 0.6) is 0 Å². The van der Waals surface area contributed by atoms with Crippen LogP contribution in [-0.4, -0.2) is 29.2 Å². The quantitative estimate of drug-likeness (QED) is 0.762. The Hall–Kier alpha value is -1.13. The zero-order chi connectivity index (χ0) is 11.5. The number of benzene rings is 1. The summed E-state index contributed by atoms with van der Waals surface area (Å²) in [4.78, 5) is 2.19. The van der Waals surface area contributed by atoms with Crippen molar-refractivity contribution in [3.63, 3.8) is 0 Å². The van der Waals surface area contributed by atoms with Crippen LogP contribution in [0.1, 0.15) is 18.4 Å². The molecule has 1 unspecified atom stereocenters. The van der Waals surface area contributed by atoms with Gasteiger partial charge in [0.2, 0.25) is 0 Å². The van der Waals surface area contributed by atoms with Gasteiger partial charge in [-0.2, -0.15) is 0 Å². The van der Waals surface area contributed by atoms with Crippen molar-refractivity contribution in [2.24, 2.45) is 0 Å². The normalized spacial score (nSPS) is 21.5. The lowest BCUT2D eigenvalue weighted by molar-refractivity contribution is 0.153. The molecule has 88 valence electrons. The predicted molar refractivity (Wildman–Crippen MR) is 61.3 cm³/mol. The van der Waals surface area contributed by atoms with Gasteiger partial charge in [0.25, 0.3) is 0 Å². The maximum atomic E-state index is 13.2. The minimum atomic E-state index is -0.364. The van der Waals surface area contributed by atoms with Crippen molar-refractivity contribution in [2.45, 2.75) is 25.4 Å². The Balaban J connectivity index is 2.05. The number of nitrogen functional groups attached to an aromatic ring is 1. The first kappa shape index (κ1) is 11.4. The fourth-order valence-electron chi connectivity index (χ4n) is 2.21. The van der Waals surface area contributed by atoms with Crippen molar-refractivity contribution in [3.05, 3.63) is 29.6 Å². The first-order valence-electron chi connectivity index (χ1n) is 5.59. The number of hydrogen-bond donors (Lipinski definition) is 2. The number of aliphatic hydroxyl groups is 1. The molecular formula is C12H17FN2O. The van der Waals surface area contributed by atoms with Gasteiger partial charge in [-0.15, -0.1) is 0 Å². The number of anilines is 1. The highest BCUT2D eigenvalue weighted by Crippen LogP contribution is 2.21. The van der Waals surface area contributed by atoms with Crippen molar-refractivity contribution in [1.82, 2.24) is 4.90 Å². The zero-order valence-corrected chi connectivity index (χ0v) is 9.19. The zero-order valence-electron chi connectivity index (χ0n) is 9.19. The van der Waals surface area contributed by atoms with Crippen LogP contribution in [0.25, 0.3) is 0 Å². The average molecular weight is 224 g/mol. The Kier molecular flexibility index (Phi) is 3.41. The van der Waals surface area contributed by atoms with Crippen molar-refractivity contribution in [2.75, 3.05) is 18.9 Å². The summed E-state index contributed by atoms with van der Waals surface area (Å²) in [6, 6.07) is 5.13. The average Bonchev–Trinajstić information content (AvgIpc) is 2.71. The minimum absolute atomic E-state index is 0.178. The van der Waals surface area contributed by atoms with Gasteiger partial charge < -0.3 is 10.8 Å². The van der Waals surface area contributed by atoms with Crippen LogP contribution in [-0.2, 0) is 6.54 Å². The van der Waals surface area contributed by atoms with E-state index in [4.69, 9.17) is 5.73 Å². The molecular weight excluding hydrogens is 207 g/mol. The summed E-state index contributed by atoms with van der Waals surface area (Å²) in [6.07, 6.45) is 2.12. The summed E-state index contributed by atoms with van der Waals surface area (Å²) in [7, 11) is 0. The van der Waals surface area contributed by atoms with Crippen LogP contribution in [0.3, 0.4) is 0 Å². The maximum Gasteiger partial charge on any atom is 0.146 e. The maximum absolute atomic E-state index is 13.2. The van der Waals surface area contributed by atoms with Crippen LogP contribution in [0.2, 0.25) is 0 Å². The second-order valence-electron chi connectivity index (χ2n) is 4.30. The standard InChI is InChI=1S/C12H17FN2O/c13-11-6-9(3-4-12(11)14)7-15-5-1-2-10(15)8-16/h3-4,6,10,16H,1-2,5,7-8,14H2. The molecule has 1 aromatic rings. The van der Waals surface area contributed by atoms with Gasteiger partial charge in [-0.25, -0.2) is 4.39 Å².